The summed E-state index contributed by atoms with van der Waals surface area (Å²) in [5.41, 5.74) is 9.11. The predicted octanol–water partition coefficient (Wildman–Crippen LogP) is 4.75. The van der Waals surface area contributed by atoms with E-state index in [1.807, 2.05) is 13.8 Å². The normalized spacial score (nSPS) is 21.9. The van der Waals surface area contributed by atoms with Gasteiger partial charge in [-0.25, -0.2) is 9.98 Å². The fourth-order valence-electron chi connectivity index (χ4n) is 4.58. The molecule has 1 aliphatic carbocycles. The molecule has 4 rings (SSSR count). The van der Waals surface area contributed by atoms with Gasteiger partial charge in [-0.3, -0.25) is 4.79 Å². The fraction of sp³-hybridized carbons (Fsp3) is 0.500. The van der Waals surface area contributed by atoms with Crippen LogP contribution in [0.25, 0.3) is 0 Å². The zero-order valence-electron chi connectivity index (χ0n) is 18.8. The van der Waals surface area contributed by atoms with E-state index in [-0.39, 0.29) is 5.75 Å². The van der Waals surface area contributed by atoms with E-state index in [2.05, 4.69) is 34.2 Å². The van der Waals surface area contributed by atoms with Crippen LogP contribution in [0.15, 0.2) is 29.3 Å². The fourth-order valence-corrected chi connectivity index (χ4v) is 5.53. The molecule has 2 aliphatic rings. The highest BCUT2D eigenvalue weighted by Gasteiger charge is 2.35. The highest BCUT2D eigenvalue weighted by atomic mass is 32.2. The van der Waals surface area contributed by atoms with Crippen LogP contribution in [0.5, 0.6) is 5.88 Å². The van der Waals surface area contributed by atoms with Crippen molar-refractivity contribution in [1.82, 2.24) is 9.97 Å². The monoisotopic (exact) mass is 454 g/mol. The molecule has 1 aromatic heterocycles. The Bertz CT molecular complexity index is 1030. The number of thioether (sulfide) groups is 1. The number of ether oxygens (including phenoxy) is 1. The quantitative estimate of drug-likeness (QED) is 0.648. The number of aromatic nitrogens is 2. The number of benzene rings is 1. The van der Waals surface area contributed by atoms with Crippen molar-refractivity contribution in [3.05, 3.63) is 41.2 Å². The van der Waals surface area contributed by atoms with E-state index >= 15 is 0 Å². The topological polar surface area (TPSA) is 111 Å². The molecule has 2 aromatic rings. The van der Waals surface area contributed by atoms with Gasteiger partial charge in [0.15, 0.2) is 11.5 Å². The third-order valence-electron chi connectivity index (χ3n) is 6.22. The lowest BCUT2D eigenvalue weighted by atomic mass is 9.79. The van der Waals surface area contributed by atoms with Crippen molar-refractivity contribution in [3.63, 3.8) is 0 Å². The van der Waals surface area contributed by atoms with Gasteiger partial charge in [0.05, 0.1) is 11.5 Å². The highest BCUT2D eigenvalue weighted by Crippen LogP contribution is 2.40. The summed E-state index contributed by atoms with van der Waals surface area (Å²) in [6.45, 7) is 5.76. The SMILES string of the molecule is Cc1nc(N)c2c(n1)OC(C)(C)C(c1ccc(C3CCC(CSCC(=O)O)CC3)cc1)=N2. The summed E-state index contributed by atoms with van der Waals surface area (Å²) in [6, 6.07) is 8.62. The molecule has 8 heteroatoms. The van der Waals surface area contributed by atoms with Crippen molar-refractivity contribution in [1.29, 1.82) is 0 Å². The molecule has 2 heterocycles. The van der Waals surface area contributed by atoms with Crippen LogP contribution in [-0.2, 0) is 4.79 Å². The van der Waals surface area contributed by atoms with Gasteiger partial charge in [0.25, 0.3) is 0 Å². The molecule has 1 fully saturated rings. The zero-order chi connectivity index (χ0) is 22.9. The molecule has 0 spiro atoms. The second kappa shape index (κ2) is 9.10. The second-order valence-corrected chi connectivity index (χ2v) is 10.2. The van der Waals surface area contributed by atoms with Crippen molar-refractivity contribution >= 4 is 34.9 Å². The number of nitrogen functional groups attached to an aromatic ring is 1. The predicted molar refractivity (Wildman–Crippen MR) is 128 cm³/mol. The maximum atomic E-state index is 10.7. The number of hydrogen-bond donors (Lipinski definition) is 2. The Morgan fingerprint density at radius 2 is 1.88 bits per heavy atom. The first-order valence-corrected chi connectivity index (χ1v) is 12.2. The average molecular weight is 455 g/mol. The zero-order valence-corrected chi connectivity index (χ0v) is 19.6. The third-order valence-corrected chi connectivity index (χ3v) is 7.38. The number of anilines is 1. The van der Waals surface area contributed by atoms with E-state index in [4.69, 9.17) is 20.6 Å². The largest absolute Gasteiger partial charge is 0.481 e. The molecule has 1 aliphatic heterocycles. The molecule has 1 aromatic carbocycles. The molecule has 3 N–H and O–H groups in total. The lowest BCUT2D eigenvalue weighted by Gasteiger charge is -2.32. The smallest absolute Gasteiger partial charge is 0.313 e. The Morgan fingerprint density at radius 1 is 1.19 bits per heavy atom. The van der Waals surface area contributed by atoms with Crippen molar-refractivity contribution in [2.75, 3.05) is 17.2 Å². The molecule has 0 amide bonds. The van der Waals surface area contributed by atoms with Gasteiger partial charge in [-0.2, -0.15) is 4.98 Å². The molecule has 0 atom stereocenters. The summed E-state index contributed by atoms with van der Waals surface area (Å²) in [7, 11) is 0. The summed E-state index contributed by atoms with van der Waals surface area (Å²) in [6.07, 6.45) is 4.60. The Kier molecular flexibility index (Phi) is 6.42. The first kappa shape index (κ1) is 22.6. The first-order valence-electron chi connectivity index (χ1n) is 11.0. The van der Waals surface area contributed by atoms with Crippen LogP contribution in [0, 0.1) is 12.8 Å². The number of carboxylic acid groups (broad SMARTS) is 1. The van der Waals surface area contributed by atoms with Crippen LogP contribution < -0.4 is 10.5 Å². The number of nitrogens with two attached hydrogens (primary N) is 1. The van der Waals surface area contributed by atoms with Crippen molar-refractivity contribution in [2.45, 2.75) is 58.0 Å². The van der Waals surface area contributed by atoms with Gasteiger partial charge >= 0.3 is 5.97 Å². The molecule has 170 valence electrons. The van der Waals surface area contributed by atoms with Crippen LogP contribution in [0.2, 0.25) is 0 Å². The van der Waals surface area contributed by atoms with E-state index in [9.17, 15) is 4.79 Å². The minimum atomic E-state index is -0.728. The van der Waals surface area contributed by atoms with Gasteiger partial charge in [-0.15, -0.1) is 11.8 Å². The lowest BCUT2D eigenvalue weighted by molar-refractivity contribution is -0.133. The summed E-state index contributed by atoms with van der Waals surface area (Å²) < 4.78 is 6.15. The minimum absolute atomic E-state index is 0.202. The number of fused-ring (bicyclic) bond motifs is 1. The van der Waals surface area contributed by atoms with Crippen LogP contribution in [0.1, 0.15) is 62.4 Å². The molecular weight excluding hydrogens is 424 g/mol. The van der Waals surface area contributed by atoms with Gasteiger partial charge in [0.2, 0.25) is 5.88 Å². The number of nitrogens with zero attached hydrogens (tertiary/aromatic N) is 3. The van der Waals surface area contributed by atoms with Gasteiger partial charge < -0.3 is 15.6 Å². The standard InChI is InChI=1S/C24H30N4O3S/c1-14-26-22(25)20-23(27-14)31-24(2,3)21(28-20)18-10-8-17(9-11-18)16-6-4-15(5-7-16)12-32-13-19(29)30/h8-11,15-16H,4-7,12-13H2,1-3H3,(H,29,30)(H2,25,26,27). The summed E-state index contributed by atoms with van der Waals surface area (Å²) >= 11 is 1.54. The minimum Gasteiger partial charge on any atom is -0.481 e. The Hall–Kier alpha value is -2.61. The van der Waals surface area contributed by atoms with Crippen molar-refractivity contribution in [3.8, 4) is 5.88 Å². The number of rotatable bonds is 6. The van der Waals surface area contributed by atoms with Gasteiger partial charge in [-0.05, 0) is 69.6 Å². The van der Waals surface area contributed by atoms with Gasteiger partial charge in [0.1, 0.15) is 11.4 Å². The summed E-state index contributed by atoms with van der Waals surface area (Å²) in [4.78, 5) is 24.1. The number of aliphatic imine (C=N–C) groups is 1. The first-order chi connectivity index (χ1) is 15.2. The van der Waals surface area contributed by atoms with E-state index < -0.39 is 11.6 Å². The Balaban J connectivity index is 1.46. The highest BCUT2D eigenvalue weighted by molar-refractivity contribution is 7.99. The van der Waals surface area contributed by atoms with Crippen LogP contribution in [-0.4, -0.2) is 43.9 Å². The number of hydrogen-bond acceptors (Lipinski definition) is 7. The molecule has 1 saturated carbocycles. The molecule has 7 nitrogen and oxygen atoms in total. The maximum Gasteiger partial charge on any atom is 0.313 e. The average Bonchev–Trinajstić information content (AvgIpc) is 2.73. The van der Waals surface area contributed by atoms with Gasteiger partial charge in [-0.1, -0.05) is 24.3 Å². The van der Waals surface area contributed by atoms with Crippen molar-refractivity contribution < 1.29 is 14.6 Å². The number of aryl methyl sites for hydroxylation is 1. The van der Waals surface area contributed by atoms with E-state index in [0.29, 0.717) is 35.0 Å². The number of carboxylic acids is 1. The number of carbonyl (C=O) groups is 1. The van der Waals surface area contributed by atoms with E-state index in [1.54, 1.807) is 6.92 Å². The van der Waals surface area contributed by atoms with E-state index in [0.717, 1.165) is 42.7 Å². The van der Waals surface area contributed by atoms with Gasteiger partial charge in [0, 0.05) is 5.56 Å². The molecule has 0 saturated heterocycles. The summed E-state index contributed by atoms with van der Waals surface area (Å²) in [5.74, 6) is 2.92. The van der Waals surface area contributed by atoms with Crippen LogP contribution >= 0.6 is 11.8 Å². The summed E-state index contributed by atoms with van der Waals surface area (Å²) in [5, 5.41) is 8.81. The molecule has 0 radical (unpaired) electrons. The van der Waals surface area contributed by atoms with Crippen molar-refractivity contribution in [2.24, 2.45) is 10.9 Å². The second-order valence-electron chi connectivity index (χ2n) is 9.13. The molecular formula is C24H30N4O3S. The molecule has 0 bridgehead atoms. The Labute approximate surface area is 192 Å². The molecule has 32 heavy (non-hydrogen) atoms. The Morgan fingerprint density at radius 3 is 2.53 bits per heavy atom. The number of aliphatic carboxylic acids is 1. The van der Waals surface area contributed by atoms with E-state index in [1.165, 1.54) is 17.3 Å². The lowest BCUT2D eigenvalue weighted by Crippen LogP contribution is -2.41. The van der Waals surface area contributed by atoms with Crippen LogP contribution in [0.4, 0.5) is 11.5 Å². The third kappa shape index (κ3) is 4.90. The maximum absolute atomic E-state index is 10.7. The molecule has 0 unspecified atom stereocenters. The van der Waals surface area contributed by atoms with Crippen LogP contribution in [0.3, 0.4) is 0 Å².